The Morgan fingerprint density at radius 1 is 1.11 bits per heavy atom. The summed E-state index contributed by atoms with van der Waals surface area (Å²) in [7, 11) is 0. The molecule has 0 aliphatic heterocycles. The largest absolute Gasteiger partial charge is 0.480 e. The van der Waals surface area contributed by atoms with Crippen molar-refractivity contribution in [2.45, 2.75) is 24.9 Å². The van der Waals surface area contributed by atoms with Crippen LogP contribution in [0.5, 0.6) is 0 Å². The number of carboxylic acid groups (broad SMARTS) is 1. The summed E-state index contributed by atoms with van der Waals surface area (Å²) in [5.41, 5.74) is 4.58. The van der Waals surface area contributed by atoms with Gasteiger partial charge >= 0.3 is 12.1 Å². The van der Waals surface area contributed by atoms with Crippen molar-refractivity contribution in [2.24, 2.45) is 0 Å². The fourth-order valence-electron chi connectivity index (χ4n) is 4.02. The van der Waals surface area contributed by atoms with Crippen LogP contribution in [0.4, 0.5) is 4.79 Å². The lowest BCUT2D eigenvalue weighted by Gasteiger charge is -2.14. The molecule has 0 spiro atoms. The van der Waals surface area contributed by atoms with Gasteiger partial charge in [0.2, 0.25) is 0 Å². The molecule has 3 N–H and O–H groups in total. The first-order chi connectivity index (χ1) is 17.0. The van der Waals surface area contributed by atoms with E-state index in [1.807, 2.05) is 30.5 Å². The van der Waals surface area contributed by atoms with Crippen LogP contribution >= 0.6 is 23.1 Å². The van der Waals surface area contributed by atoms with Crippen LogP contribution in [0.3, 0.4) is 0 Å². The van der Waals surface area contributed by atoms with Crippen molar-refractivity contribution in [3.63, 3.8) is 0 Å². The highest BCUT2D eigenvalue weighted by Crippen LogP contribution is 2.44. The van der Waals surface area contributed by atoms with Crippen LogP contribution in [0.15, 0.2) is 54.7 Å². The number of thiazole rings is 1. The predicted molar refractivity (Wildman–Crippen MR) is 136 cm³/mol. The topological polar surface area (TPSA) is 118 Å². The third-order valence-electron chi connectivity index (χ3n) is 5.72. The van der Waals surface area contributed by atoms with E-state index in [2.05, 4.69) is 39.9 Å². The molecule has 2 aromatic carbocycles. The van der Waals surface area contributed by atoms with E-state index < -0.39 is 24.0 Å². The number of hydrogen-bond acceptors (Lipinski definition) is 7. The van der Waals surface area contributed by atoms with Crippen LogP contribution < -0.4 is 10.6 Å². The van der Waals surface area contributed by atoms with Gasteiger partial charge in [0, 0.05) is 5.92 Å². The predicted octanol–water partition coefficient (Wildman–Crippen LogP) is 4.12. The number of amides is 2. The molecule has 2 amide bonds. The number of alkyl carbamates (subject to hydrolysis) is 1. The number of thioether (sulfide) groups is 1. The SMILES string of the molecule is CSCCC(NC(=O)c1cnc(CNC(=O)OCC2c3ccccc3-c3ccccc32)s1)C(=O)O. The molecule has 182 valence electrons. The second kappa shape index (κ2) is 11.4. The number of nitrogens with one attached hydrogen (secondary N) is 2. The van der Waals surface area contributed by atoms with Gasteiger partial charge in [-0.2, -0.15) is 11.8 Å². The van der Waals surface area contributed by atoms with E-state index in [0.29, 0.717) is 17.2 Å². The van der Waals surface area contributed by atoms with Crippen LogP contribution in [-0.2, 0) is 16.1 Å². The molecule has 0 bridgehead atoms. The van der Waals surface area contributed by atoms with Crippen LogP contribution in [0, 0.1) is 0 Å². The Kier molecular flexibility index (Phi) is 8.04. The normalized spacial score (nSPS) is 12.9. The number of ether oxygens (including phenoxy) is 1. The monoisotopic (exact) mass is 511 g/mol. The Bertz CT molecular complexity index is 1180. The van der Waals surface area contributed by atoms with Gasteiger partial charge in [0.05, 0.1) is 12.7 Å². The fraction of sp³-hybridized carbons (Fsp3) is 0.280. The minimum absolute atomic E-state index is 0.0309. The van der Waals surface area contributed by atoms with Gasteiger partial charge in [0.25, 0.3) is 5.91 Å². The number of fused-ring (bicyclic) bond motifs is 3. The highest BCUT2D eigenvalue weighted by atomic mass is 32.2. The van der Waals surface area contributed by atoms with Crippen LogP contribution in [0.2, 0.25) is 0 Å². The number of aliphatic carboxylic acids is 1. The van der Waals surface area contributed by atoms with Gasteiger partial charge < -0.3 is 20.5 Å². The molecule has 8 nitrogen and oxygen atoms in total. The van der Waals surface area contributed by atoms with Gasteiger partial charge in [-0.05, 0) is 40.7 Å². The summed E-state index contributed by atoms with van der Waals surface area (Å²) in [6, 6.07) is 15.3. The van der Waals surface area contributed by atoms with E-state index in [0.717, 1.165) is 33.6 Å². The minimum Gasteiger partial charge on any atom is -0.480 e. The van der Waals surface area contributed by atoms with Crippen LogP contribution in [0.1, 0.15) is 38.1 Å². The van der Waals surface area contributed by atoms with Gasteiger partial charge in [0.1, 0.15) is 22.5 Å². The van der Waals surface area contributed by atoms with E-state index in [-0.39, 0.29) is 23.9 Å². The second-order valence-electron chi connectivity index (χ2n) is 7.94. The first-order valence-corrected chi connectivity index (χ1v) is 13.2. The van der Waals surface area contributed by atoms with E-state index in [4.69, 9.17) is 4.74 Å². The molecule has 3 aromatic rings. The number of aromatic nitrogens is 1. The summed E-state index contributed by atoms with van der Waals surface area (Å²) in [6.45, 7) is 0.307. The maximum Gasteiger partial charge on any atom is 0.407 e. The standard InChI is InChI=1S/C25H25N3O5S2/c1-34-11-10-20(24(30)31)28-23(29)21-12-26-22(35-21)13-27-25(32)33-14-19-17-8-4-2-6-15(17)16-7-3-5-9-18(16)19/h2-9,12,19-20H,10-11,13-14H2,1H3,(H,27,32)(H,28,29)(H,30,31). The third-order valence-corrected chi connectivity index (χ3v) is 7.36. The van der Waals surface area contributed by atoms with Crippen molar-refractivity contribution in [3.05, 3.63) is 75.7 Å². The molecule has 1 heterocycles. The van der Waals surface area contributed by atoms with Crippen molar-refractivity contribution >= 4 is 41.1 Å². The van der Waals surface area contributed by atoms with Gasteiger partial charge in [-0.15, -0.1) is 11.3 Å². The molecule has 35 heavy (non-hydrogen) atoms. The molecular formula is C25H25N3O5S2. The number of carboxylic acids is 1. The molecule has 1 aliphatic rings. The zero-order valence-corrected chi connectivity index (χ0v) is 20.7. The molecule has 0 fully saturated rings. The van der Waals surface area contributed by atoms with Gasteiger partial charge in [-0.1, -0.05) is 48.5 Å². The van der Waals surface area contributed by atoms with E-state index in [1.54, 1.807) is 0 Å². The Morgan fingerprint density at radius 3 is 2.40 bits per heavy atom. The molecule has 4 rings (SSSR count). The number of benzene rings is 2. The Labute approximate surface area is 211 Å². The number of hydrogen-bond donors (Lipinski definition) is 3. The lowest BCUT2D eigenvalue weighted by atomic mass is 9.98. The summed E-state index contributed by atoms with van der Waals surface area (Å²) in [4.78, 5) is 40.5. The van der Waals surface area contributed by atoms with Crippen molar-refractivity contribution in [1.29, 1.82) is 0 Å². The van der Waals surface area contributed by atoms with Crippen molar-refractivity contribution in [2.75, 3.05) is 18.6 Å². The summed E-state index contributed by atoms with van der Waals surface area (Å²) in [5.74, 6) is -0.982. The quantitative estimate of drug-likeness (QED) is 0.375. The maximum absolute atomic E-state index is 12.4. The number of carbonyl (C=O) groups is 3. The van der Waals surface area contributed by atoms with E-state index in [9.17, 15) is 19.5 Å². The van der Waals surface area contributed by atoms with E-state index >= 15 is 0 Å². The van der Waals surface area contributed by atoms with Crippen molar-refractivity contribution < 1.29 is 24.2 Å². The average molecular weight is 512 g/mol. The lowest BCUT2D eigenvalue weighted by Crippen LogP contribution is -2.40. The first kappa shape index (κ1) is 24.7. The maximum atomic E-state index is 12.4. The first-order valence-electron chi connectivity index (χ1n) is 11.0. The van der Waals surface area contributed by atoms with Crippen molar-refractivity contribution in [3.8, 4) is 11.1 Å². The highest BCUT2D eigenvalue weighted by Gasteiger charge is 2.29. The molecule has 0 saturated heterocycles. The molecule has 1 unspecified atom stereocenters. The molecule has 0 radical (unpaired) electrons. The van der Waals surface area contributed by atoms with Crippen LogP contribution in [0.25, 0.3) is 11.1 Å². The molecule has 1 aromatic heterocycles. The summed E-state index contributed by atoms with van der Waals surface area (Å²) < 4.78 is 5.51. The molecule has 0 saturated carbocycles. The molecule has 10 heteroatoms. The van der Waals surface area contributed by atoms with Gasteiger partial charge in [0.15, 0.2) is 0 Å². The average Bonchev–Trinajstić information content (AvgIpc) is 3.47. The highest BCUT2D eigenvalue weighted by molar-refractivity contribution is 7.98. The van der Waals surface area contributed by atoms with E-state index in [1.165, 1.54) is 18.0 Å². The zero-order chi connectivity index (χ0) is 24.8. The Balaban J connectivity index is 1.29. The molecule has 1 atom stereocenters. The summed E-state index contributed by atoms with van der Waals surface area (Å²) in [6.07, 6.45) is 3.01. The minimum atomic E-state index is -1.07. The number of rotatable bonds is 10. The third kappa shape index (κ3) is 5.83. The summed E-state index contributed by atoms with van der Waals surface area (Å²) >= 11 is 2.61. The second-order valence-corrected chi connectivity index (χ2v) is 10.0. The van der Waals surface area contributed by atoms with Crippen molar-refractivity contribution in [1.82, 2.24) is 15.6 Å². The fourth-order valence-corrected chi connectivity index (χ4v) is 5.25. The van der Waals surface area contributed by atoms with Gasteiger partial charge in [-0.3, -0.25) is 4.79 Å². The smallest absolute Gasteiger partial charge is 0.407 e. The van der Waals surface area contributed by atoms with Crippen LogP contribution in [-0.4, -0.2) is 52.7 Å². The lowest BCUT2D eigenvalue weighted by molar-refractivity contribution is -0.139. The Morgan fingerprint density at radius 2 is 1.77 bits per heavy atom. The molecule has 1 aliphatic carbocycles. The number of nitrogens with zero attached hydrogens (tertiary/aromatic N) is 1. The van der Waals surface area contributed by atoms with Gasteiger partial charge in [-0.25, -0.2) is 14.6 Å². The zero-order valence-electron chi connectivity index (χ0n) is 19.0. The summed E-state index contributed by atoms with van der Waals surface area (Å²) in [5, 5.41) is 15.0. The molecular weight excluding hydrogens is 486 g/mol. The number of carbonyl (C=O) groups excluding carboxylic acids is 2. The Hall–Kier alpha value is -3.37.